The van der Waals surface area contributed by atoms with Gasteiger partial charge in [-0.2, -0.15) is 0 Å². The molecule has 0 unspecified atom stereocenters. The standard InChI is InChI=1S/C30H26BNO2/c1-5-9-12-20(7-3)32-27-17-19(31(33)34)15-16-24(27)30-25-14-10-13-23-22(11-6-2)21(8-4)26(29(23)25)18-28(30)32/h5-18,33-34H,1,4H2,2-3H3/b11-6-,12-9-,20-7+. The molecular formula is C30H26BNO2. The molecular weight excluding hydrogens is 417 g/mol. The summed E-state index contributed by atoms with van der Waals surface area (Å²) in [4.78, 5) is 0. The highest BCUT2D eigenvalue weighted by Crippen LogP contribution is 2.48. The van der Waals surface area contributed by atoms with Gasteiger partial charge in [0.15, 0.2) is 0 Å². The highest BCUT2D eigenvalue weighted by atomic mass is 16.4. The average molecular weight is 443 g/mol. The number of benzene rings is 3. The number of fused-ring (bicyclic) bond motifs is 4. The van der Waals surface area contributed by atoms with Crippen LogP contribution in [0.1, 0.15) is 25.0 Å². The van der Waals surface area contributed by atoms with Gasteiger partial charge in [0, 0.05) is 16.5 Å². The van der Waals surface area contributed by atoms with Gasteiger partial charge in [0.1, 0.15) is 0 Å². The van der Waals surface area contributed by atoms with Crippen LogP contribution in [0.2, 0.25) is 0 Å². The summed E-state index contributed by atoms with van der Waals surface area (Å²) in [5.74, 6) is 0. The molecule has 0 saturated carbocycles. The summed E-state index contributed by atoms with van der Waals surface area (Å²) in [5.41, 5.74) is 8.09. The molecule has 0 amide bonds. The molecule has 0 bridgehead atoms. The van der Waals surface area contributed by atoms with Crippen molar-refractivity contribution in [1.29, 1.82) is 0 Å². The Morgan fingerprint density at radius 2 is 1.74 bits per heavy atom. The third-order valence-electron chi connectivity index (χ3n) is 6.58. The van der Waals surface area contributed by atoms with E-state index in [1.807, 2.05) is 44.2 Å². The molecule has 4 heteroatoms. The van der Waals surface area contributed by atoms with E-state index in [4.69, 9.17) is 0 Å². The third-order valence-corrected chi connectivity index (χ3v) is 6.58. The minimum atomic E-state index is -1.54. The molecule has 0 radical (unpaired) electrons. The number of hydrogen-bond acceptors (Lipinski definition) is 2. The van der Waals surface area contributed by atoms with Gasteiger partial charge in [-0.25, -0.2) is 0 Å². The van der Waals surface area contributed by atoms with Gasteiger partial charge in [-0.3, -0.25) is 0 Å². The van der Waals surface area contributed by atoms with Crippen molar-refractivity contribution in [3.05, 3.63) is 109 Å². The summed E-state index contributed by atoms with van der Waals surface area (Å²) < 4.78 is 2.19. The van der Waals surface area contributed by atoms with Crippen LogP contribution in [0.4, 0.5) is 0 Å². The molecule has 5 rings (SSSR count). The van der Waals surface area contributed by atoms with Gasteiger partial charge in [0.25, 0.3) is 0 Å². The van der Waals surface area contributed by atoms with Gasteiger partial charge in [0.2, 0.25) is 0 Å². The first-order valence-electron chi connectivity index (χ1n) is 11.4. The molecule has 3 nitrogen and oxygen atoms in total. The predicted molar refractivity (Wildman–Crippen MR) is 148 cm³/mol. The van der Waals surface area contributed by atoms with E-state index in [0.717, 1.165) is 38.6 Å². The maximum atomic E-state index is 9.87. The zero-order chi connectivity index (χ0) is 24.0. The van der Waals surface area contributed by atoms with Crippen LogP contribution < -0.4 is 5.46 Å². The van der Waals surface area contributed by atoms with Gasteiger partial charge < -0.3 is 14.6 Å². The first kappa shape index (κ1) is 22.0. The van der Waals surface area contributed by atoms with Crippen LogP contribution in [0.15, 0.2) is 98.2 Å². The van der Waals surface area contributed by atoms with Crippen LogP contribution in [0.3, 0.4) is 0 Å². The van der Waals surface area contributed by atoms with Gasteiger partial charge >= 0.3 is 7.12 Å². The lowest BCUT2D eigenvalue weighted by Gasteiger charge is -2.11. The van der Waals surface area contributed by atoms with Crippen LogP contribution in [0.5, 0.6) is 0 Å². The van der Waals surface area contributed by atoms with Crippen LogP contribution in [0, 0.1) is 0 Å². The molecule has 0 atom stereocenters. The second kappa shape index (κ2) is 8.49. The Morgan fingerprint density at radius 3 is 2.41 bits per heavy atom. The fraction of sp³-hybridized carbons (Fsp3) is 0.0667. The minimum absolute atomic E-state index is 0.457. The highest BCUT2D eigenvalue weighted by Gasteiger charge is 2.26. The molecule has 0 aliphatic heterocycles. The Bertz CT molecular complexity index is 1630. The molecule has 0 saturated heterocycles. The van der Waals surface area contributed by atoms with Crippen molar-refractivity contribution in [2.75, 3.05) is 0 Å². The normalized spacial score (nSPS) is 13.9. The average Bonchev–Trinajstić information content (AvgIpc) is 3.33. The largest absolute Gasteiger partial charge is 0.488 e. The lowest BCUT2D eigenvalue weighted by atomic mass is 9.80. The molecule has 2 N–H and O–H groups in total. The molecule has 1 aromatic heterocycles. The van der Waals surface area contributed by atoms with Gasteiger partial charge in [-0.15, -0.1) is 0 Å². The second-order valence-corrected chi connectivity index (χ2v) is 8.37. The molecule has 166 valence electrons. The molecule has 1 heterocycles. The number of aromatic nitrogens is 1. The zero-order valence-corrected chi connectivity index (χ0v) is 19.4. The van der Waals surface area contributed by atoms with Crippen molar-refractivity contribution in [1.82, 2.24) is 4.57 Å². The number of nitrogens with zero attached hydrogens (tertiary/aromatic N) is 1. The molecule has 1 aliphatic carbocycles. The van der Waals surface area contributed by atoms with E-state index in [1.165, 1.54) is 21.9 Å². The Morgan fingerprint density at radius 1 is 0.912 bits per heavy atom. The third kappa shape index (κ3) is 3.07. The summed E-state index contributed by atoms with van der Waals surface area (Å²) in [6.45, 7) is 12.0. The SMILES string of the molecule is C=C/C=C\C(=C/C)n1c2cc(B(O)O)ccc2c2c3cccc4c3c(cc21)C(C=C)=C4/C=C\C. The fourth-order valence-corrected chi connectivity index (χ4v) is 5.20. The predicted octanol–water partition coefficient (Wildman–Crippen LogP) is 6.22. The maximum absolute atomic E-state index is 9.87. The second-order valence-electron chi connectivity index (χ2n) is 8.37. The van der Waals surface area contributed by atoms with Gasteiger partial charge in [-0.1, -0.05) is 79.9 Å². The summed E-state index contributed by atoms with van der Waals surface area (Å²) in [7, 11) is -1.54. The Kier molecular flexibility index (Phi) is 5.48. The van der Waals surface area contributed by atoms with Crippen LogP contribution in [-0.2, 0) is 0 Å². The van der Waals surface area contributed by atoms with Crippen molar-refractivity contribution in [3.8, 4) is 0 Å². The first-order chi connectivity index (χ1) is 16.5. The van der Waals surface area contributed by atoms with E-state index in [9.17, 15) is 10.0 Å². The van der Waals surface area contributed by atoms with Crippen LogP contribution in [0.25, 0.3) is 49.4 Å². The molecule has 4 aromatic rings. The zero-order valence-electron chi connectivity index (χ0n) is 19.4. The molecule has 34 heavy (non-hydrogen) atoms. The Balaban J connectivity index is 2.02. The summed E-state index contributed by atoms with van der Waals surface area (Å²) in [6.07, 6.45) is 13.9. The van der Waals surface area contributed by atoms with Crippen molar-refractivity contribution in [3.63, 3.8) is 0 Å². The van der Waals surface area contributed by atoms with Gasteiger partial charge in [0.05, 0.1) is 11.0 Å². The van der Waals surface area contributed by atoms with Crippen molar-refractivity contribution >= 4 is 62.0 Å². The molecule has 0 spiro atoms. The molecule has 3 aromatic carbocycles. The number of allylic oxidation sites excluding steroid dienone is 10. The lowest BCUT2D eigenvalue weighted by molar-refractivity contribution is 0.426. The number of rotatable bonds is 6. The van der Waals surface area contributed by atoms with Crippen molar-refractivity contribution in [2.45, 2.75) is 13.8 Å². The monoisotopic (exact) mass is 443 g/mol. The maximum Gasteiger partial charge on any atom is 0.488 e. The summed E-state index contributed by atoms with van der Waals surface area (Å²) in [6, 6.07) is 14.3. The molecule has 0 fully saturated rings. The van der Waals surface area contributed by atoms with E-state index < -0.39 is 7.12 Å². The van der Waals surface area contributed by atoms with E-state index in [2.05, 4.69) is 60.2 Å². The summed E-state index contributed by atoms with van der Waals surface area (Å²) in [5, 5.41) is 24.4. The topological polar surface area (TPSA) is 45.4 Å². The quantitative estimate of drug-likeness (QED) is 0.275. The first-order valence-corrected chi connectivity index (χ1v) is 11.4. The van der Waals surface area contributed by atoms with Crippen LogP contribution >= 0.6 is 0 Å². The van der Waals surface area contributed by atoms with E-state index >= 15 is 0 Å². The van der Waals surface area contributed by atoms with Gasteiger partial charge in [-0.05, 0) is 70.6 Å². The van der Waals surface area contributed by atoms with E-state index in [1.54, 1.807) is 12.1 Å². The summed E-state index contributed by atoms with van der Waals surface area (Å²) >= 11 is 0. The number of hydrogen-bond donors (Lipinski definition) is 2. The highest BCUT2D eigenvalue weighted by molar-refractivity contribution is 6.59. The molecule has 1 aliphatic rings. The lowest BCUT2D eigenvalue weighted by Crippen LogP contribution is -2.29. The van der Waals surface area contributed by atoms with E-state index in [-0.39, 0.29) is 0 Å². The van der Waals surface area contributed by atoms with Crippen molar-refractivity contribution < 1.29 is 10.0 Å². The smallest absolute Gasteiger partial charge is 0.423 e. The Labute approximate surface area is 199 Å². The van der Waals surface area contributed by atoms with E-state index in [0.29, 0.717) is 5.46 Å². The minimum Gasteiger partial charge on any atom is -0.423 e. The van der Waals surface area contributed by atoms with Crippen molar-refractivity contribution in [2.24, 2.45) is 0 Å². The Hall–Kier alpha value is -3.86. The van der Waals surface area contributed by atoms with Crippen LogP contribution in [-0.4, -0.2) is 21.7 Å². The fourth-order valence-electron chi connectivity index (χ4n) is 5.20.